The Hall–Kier alpha value is -2.66. The molecule has 0 unspecified atom stereocenters. The molecule has 1 aromatic carbocycles. The lowest BCUT2D eigenvalue weighted by Crippen LogP contribution is -2.39. The highest BCUT2D eigenvalue weighted by atomic mass is 16.5. The second-order valence-electron chi connectivity index (χ2n) is 7.43. The molecule has 1 aliphatic heterocycles. The molecule has 27 heavy (non-hydrogen) atoms. The van der Waals surface area contributed by atoms with Crippen molar-refractivity contribution in [1.29, 1.82) is 0 Å². The van der Waals surface area contributed by atoms with Gasteiger partial charge in [0.2, 0.25) is 0 Å². The van der Waals surface area contributed by atoms with Crippen molar-refractivity contribution in [1.82, 2.24) is 19.4 Å². The first-order valence-corrected chi connectivity index (χ1v) is 9.50. The number of rotatable bonds is 5. The first kappa shape index (κ1) is 17.7. The van der Waals surface area contributed by atoms with E-state index in [9.17, 15) is 0 Å². The molecule has 5 heteroatoms. The third-order valence-electron chi connectivity index (χ3n) is 5.26. The van der Waals surface area contributed by atoms with Gasteiger partial charge in [0.25, 0.3) is 0 Å². The maximum Gasteiger partial charge on any atom is 0.159 e. The molecule has 1 atom stereocenters. The molecule has 3 aromatic rings. The number of methoxy groups -OCH3 is 1. The Morgan fingerprint density at radius 3 is 2.48 bits per heavy atom. The largest absolute Gasteiger partial charge is 0.497 e. The fourth-order valence-electron chi connectivity index (χ4n) is 3.96. The molecule has 0 spiro atoms. The molecule has 0 aliphatic carbocycles. The molecular weight excluding hydrogens is 336 g/mol. The van der Waals surface area contributed by atoms with Crippen molar-refractivity contribution in [2.24, 2.45) is 5.92 Å². The van der Waals surface area contributed by atoms with Gasteiger partial charge in [-0.1, -0.05) is 13.8 Å². The Kier molecular flexibility index (Phi) is 4.94. The Morgan fingerprint density at radius 1 is 1.07 bits per heavy atom. The van der Waals surface area contributed by atoms with E-state index in [1.165, 1.54) is 5.69 Å². The number of benzene rings is 1. The quantitative estimate of drug-likeness (QED) is 0.683. The van der Waals surface area contributed by atoms with Gasteiger partial charge in [0.05, 0.1) is 13.2 Å². The fraction of sp³-hybridized carbons (Fsp3) is 0.364. The van der Waals surface area contributed by atoms with Crippen LogP contribution in [0.4, 0.5) is 0 Å². The van der Waals surface area contributed by atoms with E-state index >= 15 is 0 Å². The smallest absolute Gasteiger partial charge is 0.159 e. The van der Waals surface area contributed by atoms with Crippen molar-refractivity contribution >= 4 is 0 Å². The molecule has 0 saturated heterocycles. The molecule has 4 rings (SSSR count). The predicted molar refractivity (Wildman–Crippen MR) is 106 cm³/mol. The van der Waals surface area contributed by atoms with Gasteiger partial charge >= 0.3 is 0 Å². The predicted octanol–water partition coefficient (Wildman–Crippen LogP) is 4.17. The summed E-state index contributed by atoms with van der Waals surface area (Å²) in [5.74, 6) is 2.14. The highest BCUT2D eigenvalue weighted by Crippen LogP contribution is 2.33. The van der Waals surface area contributed by atoms with Crippen LogP contribution in [0.2, 0.25) is 0 Å². The fourth-order valence-corrected chi connectivity index (χ4v) is 3.96. The molecule has 140 valence electrons. The summed E-state index contributed by atoms with van der Waals surface area (Å²) >= 11 is 0. The van der Waals surface area contributed by atoms with Gasteiger partial charge in [0.1, 0.15) is 5.75 Å². The summed E-state index contributed by atoms with van der Waals surface area (Å²) in [6, 6.07) is 12.7. The molecule has 0 amide bonds. The number of fused-ring (bicyclic) bond motifs is 1. The first-order valence-electron chi connectivity index (χ1n) is 9.50. The minimum atomic E-state index is 0.426. The van der Waals surface area contributed by atoms with Gasteiger partial charge in [-0.3, -0.25) is 4.90 Å². The van der Waals surface area contributed by atoms with Crippen molar-refractivity contribution < 1.29 is 4.74 Å². The normalized spacial score (nSPS) is 17.1. The van der Waals surface area contributed by atoms with Gasteiger partial charge in [0.15, 0.2) is 5.82 Å². The third kappa shape index (κ3) is 3.60. The van der Waals surface area contributed by atoms with Crippen LogP contribution in [0.15, 0.2) is 55.0 Å². The average Bonchev–Trinajstić information content (AvgIpc) is 3.17. The molecular formula is C22H26N4O. The Labute approximate surface area is 160 Å². The summed E-state index contributed by atoms with van der Waals surface area (Å²) in [6.07, 6.45) is 6.10. The molecule has 2 aromatic heterocycles. The van der Waals surface area contributed by atoms with Crippen LogP contribution in [0.5, 0.6) is 5.75 Å². The topological polar surface area (TPSA) is 43.2 Å². The van der Waals surface area contributed by atoms with Gasteiger partial charge in [-0.15, -0.1) is 0 Å². The molecule has 0 bridgehead atoms. The number of hydrogen-bond acceptors (Lipinski definition) is 4. The number of aromatic nitrogens is 3. The maximum absolute atomic E-state index is 5.21. The molecule has 1 aliphatic rings. The summed E-state index contributed by atoms with van der Waals surface area (Å²) in [6.45, 7) is 7.55. The standard InChI is InChI=1S/C22H26N4O/c1-16(2)21-20-5-4-10-25(20)11-12-26(21)15-17-13-23-22(24-14-17)18-6-8-19(27-3)9-7-18/h4-10,13-14,16,21H,11-12,15H2,1-3H3/t21-/m0/s1. The number of hydrogen-bond donors (Lipinski definition) is 0. The zero-order valence-corrected chi connectivity index (χ0v) is 16.2. The van der Waals surface area contributed by atoms with E-state index < -0.39 is 0 Å². The van der Waals surface area contributed by atoms with Crippen LogP contribution in [-0.4, -0.2) is 33.1 Å². The van der Waals surface area contributed by atoms with E-state index in [1.807, 2.05) is 36.7 Å². The number of ether oxygens (including phenoxy) is 1. The van der Waals surface area contributed by atoms with Gasteiger partial charge < -0.3 is 9.30 Å². The lowest BCUT2D eigenvalue weighted by atomic mass is 9.97. The zero-order chi connectivity index (χ0) is 18.8. The third-order valence-corrected chi connectivity index (χ3v) is 5.26. The summed E-state index contributed by atoms with van der Waals surface area (Å²) in [5.41, 5.74) is 3.56. The van der Waals surface area contributed by atoms with E-state index in [0.29, 0.717) is 12.0 Å². The molecule has 0 fully saturated rings. The number of nitrogens with zero attached hydrogens (tertiary/aromatic N) is 4. The van der Waals surface area contributed by atoms with E-state index in [1.54, 1.807) is 7.11 Å². The van der Waals surface area contributed by atoms with Crippen LogP contribution in [-0.2, 0) is 13.1 Å². The van der Waals surface area contributed by atoms with Gasteiger partial charge in [-0.2, -0.15) is 0 Å². The Morgan fingerprint density at radius 2 is 1.81 bits per heavy atom. The van der Waals surface area contributed by atoms with Gasteiger partial charge in [0, 0.05) is 55.0 Å². The minimum Gasteiger partial charge on any atom is -0.497 e. The average molecular weight is 362 g/mol. The molecule has 3 heterocycles. The van der Waals surface area contributed by atoms with E-state index in [-0.39, 0.29) is 0 Å². The van der Waals surface area contributed by atoms with Crippen LogP contribution in [0.25, 0.3) is 11.4 Å². The molecule has 0 radical (unpaired) electrons. The molecule has 0 N–H and O–H groups in total. The Balaban J connectivity index is 1.51. The van der Waals surface area contributed by atoms with E-state index in [2.05, 4.69) is 51.6 Å². The highest BCUT2D eigenvalue weighted by Gasteiger charge is 2.29. The van der Waals surface area contributed by atoms with Gasteiger partial charge in [-0.05, 0) is 42.3 Å². The summed E-state index contributed by atoms with van der Waals surface area (Å²) in [5, 5.41) is 0. The lowest BCUT2D eigenvalue weighted by Gasteiger charge is -2.39. The van der Waals surface area contributed by atoms with E-state index in [4.69, 9.17) is 4.74 Å². The van der Waals surface area contributed by atoms with Crippen molar-refractivity contribution in [3.05, 3.63) is 66.2 Å². The Bertz CT molecular complexity index is 883. The van der Waals surface area contributed by atoms with Crippen molar-refractivity contribution in [2.75, 3.05) is 13.7 Å². The SMILES string of the molecule is COc1ccc(-c2ncc(CN3CCn4cccc4[C@@H]3C(C)C)cn2)cc1. The summed E-state index contributed by atoms with van der Waals surface area (Å²) in [7, 11) is 1.67. The monoisotopic (exact) mass is 362 g/mol. The van der Waals surface area contributed by atoms with E-state index in [0.717, 1.165) is 42.3 Å². The van der Waals surface area contributed by atoms with Crippen LogP contribution < -0.4 is 4.74 Å². The van der Waals surface area contributed by atoms with Crippen molar-refractivity contribution in [3.8, 4) is 17.1 Å². The van der Waals surface area contributed by atoms with Crippen LogP contribution in [0, 0.1) is 5.92 Å². The lowest BCUT2D eigenvalue weighted by molar-refractivity contribution is 0.111. The molecule has 5 nitrogen and oxygen atoms in total. The van der Waals surface area contributed by atoms with Crippen LogP contribution in [0.1, 0.15) is 31.1 Å². The molecule has 0 saturated carbocycles. The second-order valence-corrected chi connectivity index (χ2v) is 7.43. The van der Waals surface area contributed by atoms with Crippen molar-refractivity contribution in [2.45, 2.75) is 33.0 Å². The first-order chi connectivity index (χ1) is 13.2. The maximum atomic E-state index is 5.21. The zero-order valence-electron chi connectivity index (χ0n) is 16.2. The van der Waals surface area contributed by atoms with Crippen molar-refractivity contribution in [3.63, 3.8) is 0 Å². The minimum absolute atomic E-state index is 0.426. The summed E-state index contributed by atoms with van der Waals surface area (Å²) in [4.78, 5) is 11.7. The highest BCUT2D eigenvalue weighted by molar-refractivity contribution is 5.55. The summed E-state index contributed by atoms with van der Waals surface area (Å²) < 4.78 is 7.59. The van der Waals surface area contributed by atoms with Gasteiger partial charge in [-0.25, -0.2) is 9.97 Å². The van der Waals surface area contributed by atoms with Crippen LogP contribution in [0.3, 0.4) is 0 Å². The van der Waals surface area contributed by atoms with Crippen LogP contribution >= 0.6 is 0 Å². The second kappa shape index (κ2) is 7.53.